The second kappa shape index (κ2) is 9.75. The lowest BCUT2D eigenvalue weighted by Gasteiger charge is -2.36. The fourth-order valence-electron chi connectivity index (χ4n) is 3.37. The van der Waals surface area contributed by atoms with Crippen molar-refractivity contribution in [1.29, 1.82) is 0 Å². The maximum Gasteiger partial charge on any atom is 0.417 e. The van der Waals surface area contributed by atoms with Crippen LogP contribution in [0.15, 0.2) is 35.4 Å². The van der Waals surface area contributed by atoms with E-state index in [2.05, 4.69) is 4.98 Å². The predicted molar refractivity (Wildman–Crippen MR) is 113 cm³/mol. The number of anilines is 1. The van der Waals surface area contributed by atoms with E-state index in [-0.39, 0.29) is 36.9 Å². The molecule has 7 nitrogen and oxygen atoms in total. The molecule has 1 atom stereocenters. The summed E-state index contributed by atoms with van der Waals surface area (Å²) in [7, 11) is -3.84. The molecule has 0 saturated carbocycles. The quantitative estimate of drug-likeness (QED) is 0.514. The molecule has 0 N–H and O–H groups in total. The summed E-state index contributed by atoms with van der Waals surface area (Å²) in [5.41, 5.74) is -1.76. The van der Waals surface area contributed by atoms with Crippen molar-refractivity contribution in [2.45, 2.75) is 30.3 Å². The highest BCUT2D eigenvalue weighted by Crippen LogP contribution is 2.33. The Morgan fingerprint density at radius 1 is 1.08 bits per heavy atom. The molecule has 3 rings (SSSR count). The highest BCUT2D eigenvalue weighted by Gasteiger charge is 2.39. The van der Waals surface area contributed by atoms with E-state index in [4.69, 9.17) is 4.74 Å². The summed E-state index contributed by atoms with van der Waals surface area (Å²) >= 11 is 0. The number of pyridine rings is 1. The summed E-state index contributed by atoms with van der Waals surface area (Å²) in [6.07, 6.45) is -7.03. The number of aromatic nitrogens is 1. The van der Waals surface area contributed by atoms with E-state index in [9.17, 15) is 43.9 Å². The number of carbonyl (C=O) groups excluding carboxylic acids is 1. The molecule has 1 aliphatic heterocycles. The lowest BCUT2D eigenvalue weighted by atomic mass is 10.1. The van der Waals surface area contributed by atoms with E-state index < -0.39 is 56.9 Å². The fraction of sp³-hybridized carbons (Fsp3) is 0.429. The molecule has 1 aromatic heterocycles. The number of piperazine rings is 1. The van der Waals surface area contributed by atoms with E-state index in [1.54, 1.807) is 0 Å². The lowest BCUT2D eigenvalue weighted by molar-refractivity contribution is -0.153. The van der Waals surface area contributed by atoms with Gasteiger partial charge in [-0.2, -0.15) is 17.6 Å². The maximum atomic E-state index is 14.3. The van der Waals surface area contributed by atoms with Gasteiger partial charge in [0.1, 0.15) is 5.75 Å². The molecule has 36 heavy (non-hydrogen) atoms. The van der Waals surface area contributed by atoms with E-state index in [0.717, 1.165) is 29.4 Å². The average Bonchev–Trinajstić information content (AvgIpc) is 2.77. The minimum Gasteiger partial charge on any atom is -0.452 e. The topological polar surface area (TPSA) is 79.8 Å². The molecule has 0 spiro atoms. The molecule has 1 unspecified atom stereocenters. The molecule has 15 heteroatoms. The third-order valence-electron chi connectivity index (χ3n) is 5.32. The smallest absolute Gasteiger partial charge is 0.417 e. The first-order chi connectivity index (χ1) is 16.5. The second-order valence-corrected chi connectivity index (χ2v) is 10.1. The van der Waals surface area contributed by atoms with Crippen molar-refractivity contribution in [3.05, 3.63) is 47.4 Å². The normalized spacial score (nSPS) is 16.7. The number of halogens is 7. The van der Waals surface area contributed by atoms with Gasteiger partial charge in [-0.15, -0.1) is 0 Å². The lowest BCUT2D eigenvalue weighted by Crippen LogP contribution is -2.49. The minimum atomic E-state index is -4.78. The van der Waals surface area contributed by atoms with Crippen LogP contribution in [0, 0.1) is 5.82 Å². The standard InChI is InChI=1S/C21H20F7N3O4S/c1-20(25,19(23)24)35-16-4-3-13(36(2,33)34)10-14(16)18(32)31-7-5-30(6-8-31)17-15(22)9-12(11-29-17)21(26,27)28/h3-4,9-11,19H,5-8H2,1-2H3. The fourth-order valence-corrected chi connectivity index (χ4v) is 4.01. The van der Waals surface area contributed by atoms with Crippen molar-refractivity contribution >= 4 is 21.6 Å². The van der Waals surface area contributed by atoms with Gasteiger partial charge in [-0.25, -0.2) is 26.6 Å². The molecule has 1 aromatic carbocycles. The van der Waals surface area contributed by atoms with Gasteiger partial charge in [0.25, 0.3) is 5.91 Å². The van der Waals surface area contributed by atoms with Crippen LogP contribution in [0.3, 0.4) is 0 Å². The van der Waals surface area contributed by atoms with Gasteiger partial charge in [0, 0.05) is 45.6 Å². The Bertz CT molecular complexity index is 1240. The monoisotopic (exact) mass is 543 g/mol. The van der Waals surface area contributed by atoms with Crippen molar-refractivity contribution in [3.63, 3.8) is 0 Å². The third kappa shape index (κ3) is 5.99. The number of hydrogen-bond donors (Lipinski definition) is 0. The highest BCUT2D eigenvalue weighted by atomic mass is 32.2. The zero-order valence-corrected chi connectivity index (χ0v) is 19.6. The van der Waals surface area contributed by atoms with Gasteiger partial charge >= 0.3 is 18.5 Å². The van der Waals surface area contributed by atoms with Crippen LogP contribution >= 0.6 is 0 Å². The molecule has 2 aromatic rings. The SMILES string of the molecule is CC(F)(Oc1ccc(S(C)(=O)=O)cc1C(=O)N1CCN(c2ncc(C(F)(F)F)cc2F)CC1)C(F)F. The van der Waals surface area contributed by atoms with Gasteiger partial charge in [0.2, 0.25) is 0 Å². The summed E-state index contributed by atoms with van der Waals surface area (Å²) in [6, 6.07) is 3.04. The first-order valence-corrected chi connectivity index (χ1v) is 12.2. The number of amides is 1. The van der Waals surface area contributed by atoms with Crippen LogP contribution in [0.1, 0.15) is 22.8 Å². The molecule has 1 amide bonds. The van der Waals surface area contributed by atoms with E-state index in [0.29, 0.717) is 19.2 Å². The van der Waals surface area contributed by atoms with Crippen LogP contribution in [0.4, 0.5) is 36.6 Å². The Hall–Kier alpha value is -3.10. The Kier molecular flexibility index (Phi) is 7.44. The van der Waals surface area contributed by atoms with Gasteiger partial charge in [0.15, 0.2) is 21.5 Å². The van der Waals surface area contributed by atoms with Crippen LogP contribution in [0.2, 0.25) is 0 Å². The van der Waals surface area contributed by atoms with Crippen molar-refractivity contribution in [2.24, 2.45) is 0 Å². The number of rotatable bonds is 6. The summed E-state index contributed by atoms with van der Waals surface area (Å²) in [4.78, 5) is 18.8. The van der Waals surface area contributed by atoms with Crippen LogP contribution < -0.4 is 9.64 Å². The van der Waals surface area contributed by atoms with Gasteiger partial charge in [-0.3, -0.25) is 4.79 Å². The number of sulfone groups is 1. The summed E-state index contributed by atoms with van der Waals surface area (Å²) in [5.74, 6) is -6.54. The first-order valence-electron chi connectivity index (χ1n) is 10.3. The first kappa shape index (κ1) is 27.5. The molecule has 198 valence electrons. The molecular formula is C21H20F7N3O4S. The summed E-state index contributed by atoms with van der Waals surface area (Å²) < 4.78 is 121. The summed E-state index contributed by atoms with van der Waals surface area (Å²) in [5, 5.41) is 0. The van der Waals surface area contributed by atoms with Crippen molar-refractivity contribution in [1.82, 2.24) is 9.88 Å². The van der Waals surface area contributed by atoms with Crippen LogP contribution in [0.5, 0.6) is 5.75 Å². The largest absolute Gasteiger partial charge is 0.452 e. The average molecular weight is 543 g/mol. The number of alkyl halides is 6. The summed E-state index contributed by atoms with van der Waals surface area (Å²) in [6.45, 7) is 0.0684. The van der Waals surface area contributed by atoms with E-state index in [1.807, 2.05) is 0 Å². The Labute approximate surface area is 201 Å². The third-order valence-corrected chi connectivity index (χ3v) is 6.43. The van der Waals surface area contributed by atoms with Crippen molar-refractivity contribution in [3.8, 4) is 5.75 Å². The molecule has 1 saturated heterocycles. The van der Waals surface area contributed by atoms with Crippen LogP contribution in [-0.2, 0) is 16.0 Å². The van der Waals surface area contributed by atoms with Crippen molar-refractivity contribution in [2.75, 3.05) is 37.3 Å². The minimum absolute atomic E-state index is 0.0686. The van der Waals surface area contributed by atoms with E-state index >= 15 is 0 Å². The van der Waals surface area contributed by atoms with Crippen LogP contribution in [0.25, 0.3) is 0 Å². The second-order valence-electron chi connectivity index (χ2n) is 8.13. The predicted octanol–water partition coefficient (Wildman–Crippen LogP) is 3.94. The van der Waals surface area contributed by atoms with E-state index in [1.165, 1.54) is 4.90 Å². The molecule has 0 aliphatic carbocycles. The number of ether oxygens (including phenoxy) is 1. The Morgan fingerprint density at radius 2 is 1.69 bits per heavy atom. The molecule has 2 heterocycles. The zero-order valence-electron chi connectivity index (χ0n) is 18.8. The maximum absolute atomic E-state index is 14.3. The molecule has 1 fully saturated rings. The molecular weight excluding hydrogens is 523 g/mol. The molecule has 1 aliphatic rings. The zero-order chi connectivity index (χ0) is 27.1. The number of carbonyl (C=O) groups is 1. The van der Waals surface area contributed by atoms with Gasteiger partial charge in [-0.05, 0) is 24.3 Å². The number of hydrogen-bond acceptors (Lipinski definition) is 6. The van der Waals surface area contributed by atoms with Crippen molar-refractivity contribution < 1.29 is 48.7 Å². The Balaban J connectivity index is 1.84. The highest BCUT2D eigenvalue weighted by molar-refractivity contribution is 7.90. The molecule has 0 bridgehead atoms. The van der Waals surface area contributed by atoms with Crippen LogP contribution in [-0.4, -0.2) is 68.9 Å². The van der Waals surface area contributed by atoms with Gasteiger partial charge in [0.05, 0.1) is 16.0 Å². The van der Waals surface area contributed by atoms with Gasteiger partial charge < -0.3 is 14.5 Å². The number of benzene rings is 1. The molecule has 0 radical (unpaired) electrons. The Morgan fingerprint density at radius 3 is 2.19 bits per heavy atom. The number of nitrogens with zero attached hydrogens (tertiary/aromatic N) is 3. The van der Waals surface area contributed by atoms with Gasteiger partial charge in [-0.1, -0.05) is 0 Å².